The van der Waals surface area contributed by atoms with Crippen LogP contribution in [0.1, 0.15) is 51.2 Å². The summed E-state index contributed by atoms with van der Waals surface area (Å²) in [5.41, 5.74) is 2.19. The first-order valence-corrected chi connectivity index (χ1v) is 11.2. The Morgan fingerprint density at radius 1 is 1.03 bits per heavy atom. The van der Waals surface area contributed by atoms with Gasteiger partial charge in [0.2, 0.25) is 11.8 Å². The van der Waals surface area contributed by atoms with Gasteiger partial charge in [-0.2, -0.15) is 0 Å². The first-order chi connectivity index (χ1) is 14.9. The Bertz CT molecular complexity index is 803. The van der Waals surface area contributed by atoms with Crippen molar-refractivity contribution >= 4 is 11.8 Å². The van der Waals surface area contributed by atoms with Gasteiger partial charge in [-0.3, -0.25) is 9.59 Å². The van der Waals surface area contributed by atoms with Gasteiger partial charge in [0.15, 0.2) is 0 Å². The van der Waals surface area contributed by atoms with Gasteiger partial charge < -0.3 is 15.0 Å². The molecule has 2 rings (SSSR count). The Hall–Kier alpha value is -2.82. The maximum Gasteiger partial charge on any atom is 0.242 e. The molecule has 0 radical (unpaired) electrons. The summed E-state index contributed by atoms with van der Waals surface area (Å²) in [6, 6.07) is 17.2. The van der Waals surface area contributed by atoms with Crippen LogP contribution in [0.25, 0.3) is 0 Å². The Balaban J connectivity index is 2.04. The molecule has 0 heterocycles. The second-order valence-corrected chi connectivity index (χ2v) is 8.34. The van der Waals surface area contributed by atoms with Crippen molar-refractivity contribution in [2.45, 2.75) is 59.5 Å². The lowest BCUT2D eigenvalue weighted by Crippen LogP contribution is -2.49. The third-order valence-electron chi connectivity index (χ3n) is 5.09. The lowest BCUT2D eigenvalue weighted by atomic mass is 10.1. The van der Waals surface area contributed by atoms with Crippen molar-refractivity contribution in [1.82, 2.24) is 10.2 Å². The van der Waals surface area contributed by atoms with Crippen LogP contribution < -0.4 is 10.1 Å². The van der Waals surface area contributed by atoms with E-state index < -0.39 is 6.04 Å². The standard InChI is InChI=1S/C26H36N2O3/c1-5-24(26(30)27-18-20(2)3)28(19-22-15-13-21(4)14-16-22)25(29)12-9-17-31-23-10-7-6-8-11-23/h6-8,10-11,13-16,20,24H,5,9,12,17-19H2,1-4H3,(H,27,30)/t24-/m1/s1. The molecule has 0 aliphatic rings. The van der Waals surface area contributed by atoms with Crippen molar-refractivity contribution < 1.29 is 14.3 Å². The van der Waals surface area contributed by atoms with Crippen LogP contribution in [-0.4, -0.2) is 35.9 Å². The molecule has 168 valence electrons. The van der Waals surface area contributed by atoms with Crippen molar-refractivity contribution in [3.63, 3.8) is 0 Å². The van der Waals surface area contributed by atoms with Gasteiger partial charge in [-0.15, -0.1) is 0 Å². The second-order valence-electron chi connectivity index (χ2n) is 8.34. The highest BCUT2D eigenvalue weighted by Crippen LogP contribution is 2.16. The quantitative estimate of drug-likeness (QED) is 0.501. The number of hydrogen-bond donors (Lipinski definition) is 1. The molecule has 0 saturated heterocycles. The lowest BCUT2D eigenvalue weighted by molar-refractivity contribution is -0.141. The number of benzene rings is 2. The number of para-hydroxylation sites is 1. The number of hydrogen-bond acceptors (Lipinski definition) is 3. The van der Waals surface area contributed by atoms with E-state index >= 15 is 0 Å². The zero-order valence-corrected chi connectivity index (χ0v) is 19.3. The van der Waals surface area contributed by atoms with Gasteiger partial charge in [0.05, 0.1) is 6.61 Å². The number of amides is 2. The average molecular weight is 425 g/mol. The highest BCUT2D eigenvalue weighted by molar-refractivity contribution is 5.87. The number of rotatable bonds is 12. The number of carbonyl (C=O) groups is 2. The van der Waals surface area contributed by atoms with E-state index in [0.717, 1.165) is 11.3 Å². The van der Waals surface area contributed by atoms with E-state index in [9.17, 15) is 9.59 Å². The van der Waals surface area contributed by atoms with Crippen LogP contribution in [0.15, 0.2) is 54.6 Å². The van der Waals surface area contributed by atoms with Crippen LogP contribution >= 0.6 is 0 Å². The summed E-state index contributed by atoms with van der Waals surface area (Å²) in [6.07, 6.45) is 1.51. The molecule has 2 aromatic carbocycles. The Morgan fingerprint density at radius 2 is 1.71 bits per heavy atom. The molecule has 1 atom stereocenters. The van der Waals surface area contributed by atoms with Gasteiger partial charge in [0.25, 0.3) is 0 Å². The maximum atomic E-state index is 13.2. The Labute approximate surface area is 186 Å². The van der Waals surface area contributed by atoms with Gasteiger partial charge in [-0.1, -0.05) is 68.8 Å². The number of ether oxygens (including phenoxy) is 1. The third kappa shape index (κ3) is 8.44. The van der Waals surface area contributed by atoms with E-state index in [1.165, 1.54) is 5.56 Å². The van der Waals surface area contributed by atoms with Crippen LogP contribution in [0.2, 0.25) is 0 Å². The van der Waals surface area contributed by atoms with E-state index in [0.29, 0.717) is 44.9 Å². The van der Waals surface area contributed by atoms with E-state index in [-0.39, 0.29) is 11.8 Å². The minimum atomic E-state index is -0.484. The molecule has 0 bridgehead atoms. The zero-order chi connectivity index (χ0) is 22.6. The topological polar surface area (TPSA) is 58.6 Å². The highest BCUT2D eigenvalue weighted by Gasteiger charge is 2.28. The van der Waals surface area contributed by atoms with Crippen molar-refractivity contribution in [2.75, 3.05) is 13.2 Å². The van der Waals surface area contributed by atoms with Crippen molar-refractivity contribution in [2.24, 2.45) is 5.92 Å². The van der Waals surface area contributed by atoms with E-state index in [2.05, 4.69) is 19.2 Å². The largest absolute Gasteiger partial charge is 0.494 e. The van der Waals surface area contributed by atoms with Gasteiger partial charge in [0.1, 0.15) is 11.8 Å². The zero-order valence-electron chi connectivity index (χ0n) is 19.3. The monoisotopic (exact) mass is 424 g/mol. The molecule has 2 amide bonds. The molecule has 0 saturated carbocycles. The molecule has 0 spiro atoms. The van der Waals surface area contributed by atoms with Crippen molar-refractivity contribution in [3.8, 4) is 5.75 Å². The molecule has 0 unspecified atom stereocenters. The van der Waals surface area contributed by atoms with Crippen LogP contribution in [0.5, 0.6) is 5.75 Å². The predicted molar refractivity (Wildman–Crippen MR) is 125 cm³/mol. The first-order valence-electron chi connectivity index (χ1n) is 11.2. The van der Waals surface area contributed by atoms with Gasteiger partial charge in [0, 0.05) is 19.5 Å². The minimum absolute atomic E-state index is 0.0243. The third-order valence-corrected chi connectivity index (χ3v) is 5.09. The van der Waals surface area contributed by atoms with Gasteiger partial charge in [-0.25, -0.2) is 0 Å². The van der Waals surface area contributed by atoms with Crippen molar-refractivity contribution in [1.29, 1.82) is 0 Å². The summed E-state index contributed by atoms with van der Waals surface area (Å²) in [5, 5.41) is 2.99. The molecule has 1 N–H and O–H groups in total. The van der Waals surface area contributed by atoms with Crippen LogP contribution in [0.4, 0.5) is 0 Å². The Kier molecular flexibility index (Phi) is 10.1. The summed E-state index contributed by atoms with van der Waals surface area (Å²) >= 11 is 0. The molecule has 2 aromatic rings. The molecule has 0 fully saturated rings. The van der Waals surface area contributed by atoms with Crippen LogP contribution in [0, 0.1) is 12.8 Å². The van der Waals surface area contributed by atoms with Crippen molar-refractivity contribution in [3.05, 3.63) is 65.7 Å². The van der Waals surface area contributed by atoms with Crippen LogP contribution in [0.3, 0.4) is 0 Å². The van der Waals surface area contributed by atoms with E-state index in [1.807, 2.05) is 68.4 Å². The van der Waals surface area contributed by atoms with Crippen LogP contribution in [-0.2, 0) is 16.1 Å². The fourth-order valence-corrected chi connectivity index (χ4v) is 3.31. The molecule has 5 heteroatoms. The number of carbonyl (C=O) groups excluding carboxylic acids is 2. The highest BCUT2D eigenvalue weighted by atomic mass is 16.5. The molecular weight excluding hydrogens is 388 g/mol. The summed E-state index contributed by atoms with van der Waals surface area (Å²) in [7, 11) is 0. The molecular formula is C26H36N2O3. The molecule has 0 aromatic heterocycles. The predicted octanol–water partition coefficient (Wildman–Crippen LogP) is 4.73. The summed E-state index contributed by atoms with van der Waals surface area (Å²) in [5.74, 6) is 1.05. The lowest BCUT2D eigenvalue weighted by Gasteiger charge is -2.31. The average Bonchev–Trinajstić information content (AvgIpc) is 2.77. The first kappa shape index (κ1) is 24.4. The smallest absolute Gasteiger partial charge is 0.242 e. The Morgan fingerprint density at radius 3 is 2.32 bits per heavy atom. The summed E-state index contributed by atoms with van der Waals surface area (Å²) in [4.78, 5) is 27.7. The second kappa shape index (κ2) is 12.8. The molecule has 0 aliphatic carbocycles. The molecule has 5 nitrogen and oxygen atoms in total. The van der Waals surface area contributed by atoms with Gasteiger partial charge >= 0.3 is 0 Å². The molecule has 0 aliphatic heterocycles. The van der Waals surface area contributed by atoms with E-state index in [4.69, 9.17) is 4.74 Å². The maximum absolute atomic E-state index is 13.2. The molecule has 31 heavy (non-hydrogen) atoms. The van der Waals surface area contributed by atoms with Gasteiger partial charge in [-0.05, 0) is 43.4 Å². The fourth-order valence-electron chi connectivity index (χ4n) is 3.31. The number of nitrogens with one attached hydrogen (secondary N) is 1. The minimum Gasteiger partial charge on any atom is -0.494 e. The number of aryl methyl sites for hydroxylation is 1. The number of nitrogens with zero attached hydrogens (tertiary/aromatic N) is 1. The summed E-state index contributed by atoms with van der Waals surface area (Å²) in [6.45, 7) is 9.59. The SMILES string of the molecule is CC[C@H](C(=O)NCC(C)C)N(Cc1ccc(C)cc1)C(=O)CCCOc1ccccc1. The fraction of sp³-hybridized carbons (Fsp3) is 0.462. The van der Waals surface area contributed by atoms with E-state index in [1.54, 1.807) is 4.90 Å². The summed E-state index contributed by atoms with van der Waals surface area (Å²) < 4.78 is 5.72. The normalized spacial score (nSPS) is 11.8.